The Morgan fingerprint density at radius 1 is 1.44 bits per heavy atom. The minimum atomic E-state index is -0.258. The largest absolute Gasteiger partial charge is 0.504 e. The molecule has 1 unspecified atom stereocenters. The first-order valence-electron chi connectivity index (χ1n) is 6.30. The Morgan fingerprint density at radius 3 is 2.72 bits per heavy atom. The second-order valence-corrected chi connectivity index (χ2v) is 4.22. The lowest BCUT2D eigenvalue weighted by molar-refractivity contribution is 0.0930. The van der Waals surface area contributed by atoms with Gasteiger partial charge in [0.05, 0.1) is 12.7 Å². The molecule has 0 bridgehead atoms. The third kappa shape index (κ3) is 3.39. The van der Waals surface area contributed by atoms with E-state index in [0.717, 1.165) is 19.3 Å². The number of amides is 1. The second-order valence-electron chi connectivity index (χ2n) is 4.22. The maximum Gasteiger partial charge on any atom is 0.255 e. The molecular weight excluding hydrogens is 230 g/mol. The minimum Gasteiger partial charge on any atom is -0.504 e. The van der Waals surface area contributed by atoms with Crippen LogP contribution in [0.25, 0.3) is 0 Å². The number of nitrogens with one attached hydrogen (secondary N) is 1. The Kier molecular flexibility index (Phi) is 5.49. The van der Waals surface area contributed by atoms with Crippen molar-refractivity contribution in [1.29, 1.82) is 0 Å². The maximum atomic E-state index is 12.1. The van der Waals surface area contributed by atoms with E-state index in [2.05, 4.69) is 12.2 Å². The summed E-state index contributed by atoms with van der Waals surface area (Å²) in [6.07, 6.45) is 2.83. The number of aromatic hydroxyl groups is 1. The van der Waals surface area contributed by atoms with Crippen molar-refractivity contribution in [2.24, 2.45) is 0 Å². The molecule has 0 aromatic heterocycles. The monoisotopic (exact) mass is 251 g/mol. The molecule has 0 fully saturated rings. The standard InChI is InChI=1S/C14H21NO3/c1-4-7-10(5-2)15-14(17)11-8-6-9-12(18-3)13(11)16/h6,8-10,16H,4-5,7H2,1-3H3,(H,15,17). The minimum absolute atomic E-state index is 0.108. The van der Waals surface area contributed by atoms with Gasteiger partial charge in [0, 0.05) is 6.04 Å². The van der Waals surface area contributed by atoms with E-state index >= 15 is 0 Å². The Bertz CT molecular complexity index is 404. The highest BCUT2D eigenvalue weighted by Crippen LogP contribution is 2.29. The van der Waals surface area contributed by atoms with Crippen molar-refractivity contribution in [3.05, 3.63) is 23.8 Å². The molecule has 0 aliphatic rings. The van der Waals surface area contributed by atoms with Crippen LogP contribution in [0.3, 0.4) is 0 Å². The number of carbonyl (C=O) groups excluding carboxylic acids is 1. The van der Waals surface area contributed by atoms with Crippen molar-refractivity contribution < 1.29 is 14.6 Å². The molecule has 18 heavy (non-hydrogen) atoms. The summed E-state index contributed by atoms with van der Waals surface area (Å²) >= 11 is 0. The molecule has 1 rings (SSSR count). The van der Waals surface area contributed by atoms with Crippen molar-refractivity contribution in [2.75, 3.05) is 7.11 Å². The van der Waals surface area contributed by atoms with Gasteiger partial charge in [0.2, 0.25) is 0 Å². The Morgan fingerprint density at radius 2 is 2.17 bits per heavy atom. The molecule has 100 valence electrons. The number of phenols is 1. The number of hydrogen-bond donors (Lipinski definition) is 2. The number of methoxy groups -OCH3 is 1. The zero-order valence-electron chi connectivity index (χ0n) is 11.2. The Labute approximate surface area is 108 Å². The van der Waals surface area contributed by atoms with Crippen LogP contribution in [0, 0.1) is 0 Å². The molecule has 0 spiro atoms. The molecule has 0 radical (unpaired) electrons. The molecule has 1 atom stereocenters. The van der Waals surface area contributed by atoms with Gasteiger partial charge < -0.3 is 15.2 Å². The lowest BCUT2D eigenvalue weighted by Gasteiger charge is -2.17. The van der Waals surface area contributed by atoms with Crippen LogP contribution in [0.1, 0.15) is 43.5 Å². The molecule has 1 amide bonds. The van der Waals surface area contributed by atoms with Crippen molar-refractivity contribution in [2.45, 2.75) is 39.2 Å². The highest BCUT2D eigenvalue weighted by Gasteiger charge is 2.17. The smallest absolute Gasteiger partial charge is 0.255 e. The van der Waals surface area contributed by atoms with Gasteiger partial charge in [-0.2, -0.15) is 0 Å². The van der Waals surface area contributed by atoms with E-state index in [1.165, 1.54) is 7.11 Å². The van der Waals surface area contributed by atoms with Gasteiger partial charge in [0.1, 0.15) is 0 Å². The van der Waals surface area contributed by atoms with Crippen molar-refractivity contribution in [1.82, 2.24) is 5.32 Å². The van der Waals surface area contributed by atoms with E-state index in [0.29, 0.717) is 5.75 Å². The quantitative estimate of drug-likeness (QED) is 0.817. The van der Waals surface area contributed by atoms with Gasteiger partial charge in [-0.05, 0) is 25.0 Å². The van der Waals surface area contributed by atoms with Gasteiger partial charge in [-0.1, -0.05) is 26.3 Å². The first-order chi connectivity index (χ1) is 8.63. The van der Waals surface area contributed by atoms with Crippen LogP contribution in [0.15, 0.2) is 18.2 Å². The van der Waals surface area contributed by atoms with Gasteiger partial charge in [0.25, 0.3) is 5.91 Å². The van der Waals surface area contributed by atoms with Gasteiger partial charge >= 0.3 is 0 Å². The predicted octanol–water partition coefficient (Wildman–Crippen LogP) is 2.71. The van der Waals surface area contributed by atoms with Gasteiger partial charge in [-0.25, -0.2) is 0 Å². The molecule has 0 saturated heterocycles. The van der Waals surface area contributed by atoms with E-state index in [1.807, 2.05) is 6.92 Å². The number of carbonyl (C=O) groups is 1. The highest BCUT2D eigenvalue weighted by atomic mass is 16.5. The van der Waals surface area contributed by atoms with E-state index in [9.17, 15) is 9.90 Å². The lowest BCUT2D eigenvalue weighted by atomic mass is 10.1. The summed E-state index contributed by atoms with van der Waals surface area (Å²) in [6, 6.07) is 5.04. The van der Waals surface area contributed by atoms with Crippen LogP contribution in [-0.2, 0) is 0 Å². The normalized spacial score (nSPS) is 11.9. The second kappa shape index (κ2) is 6.89. The van der Waals surface area contributed by atoms with E-state index < -0.39 is 0 Å². The zero-order valence-corrected chi connectivity index (χ0v) is 11.2. The highest BCUT2D eigenvalue weighted by molar-refractivity contribution is 5.97. The fourth-order valence-corrected chi connectivity index (χ4v) is 1.86. The number of ether oxygens (including phenoxy) is 1. The summed E-state index contributed by atoms with van der Waals surface area (Å²) in [7, 11) is 1.46. The fourth-order valence-electron chi connectivity index (χ4n) is 1.86. The fraction of sp³-hybridized carbons (Fsp3) is 0.500. The molecule has 0 saturated carbocycles. The van der Waals surface area contributed by atoms with E-state index in [1.54, 1.807) is 18.2 Å². The van der Waals surface area contributed by atoms with Crippen LogP contribution in [0.5, 0.6) is 11.5 Å². The number of rotatable bonds is 6. The summed E-state index contributed by atoms with van der Waals surface area (Å²) in [4.78, 5) is 12.1. The van der Waals surface area contributed by atoms with Crippen LogP contribution in [-0.4, -0.2) is 24.2 Å². The average Bonchev–Trinajstić information content (AvgIpc) is 2.38. The van der Waals surface area contributed by atoms with Gasteiger partial charge in [-0.3, -0.25) is 4.79 Å². The molecular formula is C14H21NO3. The van der Waals surface area contributed by atoms with Crippen molar-refractivity contribution >= 4 is 5.91 Å². The summed E-state index contributed by atoms with van der Waals surface area (Å²) in [5.41, 5.74) is 0.254. The maximum absolute atomic E-state index is 12.1. The number of benzene rings is 1. The molecule has 0 heterocycles. The molecule has 1 aromatic rings. The topological polar surface area (TPSA) is 58.6 Å². The first kappa shape index (κ1) is 14.4. The van der Waals surface area contributed by atoms with Crippen molar-refractivity contribution in [3.8, 4) is 11.5 Å². The molecule has 0 aliphatic heterocycles. The van der Waals surface area contributed by atoms with Crippen LogP contribution < -0.4 is 10.1 Å². The zero-order chi connectivity index (χ0) is 13.5. The molecule has 4 heteroatoms. The summed E-state index contributed by atoms with van der Waals surface area (Å²) in [6.45, 7) is 4.11. The number of hydrogen-bond acceptors (Lipinski definition) is 3. The molecule has 0 aliphatic carbocycles. The summed E-state index contributed by atoms with van der Waals surface area (Å²) < 4.78 is 4.98. The van der Waals surface area contributed by atoms with E-state index in [-0.39, 0.29) is 23.3 Å². The third-order valence-electron chi connectivity index (χ3n) is 2.93. The Balaban J connectivity index is 2.84. The predicted molar refractivity (Wildman–Crippen MR) is 71.1 cm³/mol. The summed E-state index contributed by atoms with van der Waals surface area (Å²) in [5, 5.41) is 12.8. The molecule has 2 N–H and O–H groups in total. The van der Waals surface area contributed by atoms with Gasteiger partial charge in [-0.15, -0.1) is 0 Å². The first-order valence-corrected chi connectivity index (χ1v) is 6.30. The summed E-state index contributed by atoms with van der Waals surface area (Å²) in [5.74, 6) is -0.0539. The Hall–Kier alpha value is -1.71. The lowest BCUT2D eigenvalue weighted by Crippen LogP contribution is -2.34. The number of para-hydroxylation sites is 1. The van der Waals surface area contributed by atoms with Crippen LogP contribution in [0.4, 0.5) is 0 Å². The van der Waals surface area contributed by atoms with Crippen LogP contribution in [0.2, 0.25) is 0 Å². The number of phenolic OH excluding ortho intramolecular Hbond substituents is 1. The van der Waals surface area contributed by atoms with Crippen LogP contribution >= 0.6 is 0 Å². The molecule has 4 nitrogen and oxygen atoms in total. The average molecular weight is 251 g/mol. The third-order valence-corrected chi connectivity index (χ3v) is 2.93. The van der Waals surface area contributed by atoms with E-state index in [4.69, 9.17) is 4.74 Å². The van der Waals surface area contributed by atoms with Gasteiger partial charge in [0.15, 0.2) is 11.5 Å². The SMILES string of the molecule is CCCC(CC)NC(=O)c1cccc(OC)c1O. The molecule has 1 aromatic carbocycles. The van der Waals surface area contributed by atoms with Crippen molar-refractivity contribution in [3.63, 3.8) is 0 Å².